The molecule has 1 aliphatic heterocycles. The maximum absolute atomic E-state index is 12.5. The van der Waals surface area contributed by atoms with Crippen molar-refractivity contribution >= 4 is 21.4 Å². The van der Waals surface area contributed by atoms with Gasteiger partial charge in [0.1, 0.15) is 0 Å². The molecular weight excluding hydrogens is 334 g/mol. The molecule has 2 rings (SSSR count). The summed E-state index contributed by atoms with van der Waals surface area (Å²) in [6.07, 6.45) is 0. The van der Waals surface area contributed by atoms with Crippen LogP contribution < -0.4 is 4.90 Å². The summed E-state index contributed by atoms with van der Waals surface area (Å²) in [5.74, 6) is -0.0615. The van der Waals surface area contributed by atoms with Gasteiger partial charge in [0, 0.05) is 51.1 Å². The van der Waals surface area contributed by atoms with E-state index in [0.29, 0.717) is 26.2 Å². The molecule has 134 valence electrons. The highest BCUT2D eigenvalue weighted by Gasteiger charge is 2.33. The van der Waals surface area contributed by atoms with Crippen molar-refractivity contribution in [2.24, 2.45) is 0 Å². The number of nitro groups is 1. The van der Waals surface area contributed by atoms with E-state index in [1.165, 1.54) is 23.5 Å². The summed E-state index contributed by atoms with van der Waals surface area (Å²) in [7, 11) is -1.88. The average molecular weight is 357 g/mol. The Morgan fingerprint density at radius 2 is 1.71 bits per heavy atom. The summed E-state index contributed by atoms with van der Waals surface area (Å²) in [5.41, 5.74) is 0.172. The van der Waals surface area contributed by atoms with E-state index < -0.39 is 20.5 Å². The lowest BCUT2D eigenvalue weighted by Gasteiger charge is -2.36. The van der Waals surface area contributed by atoms with Crippen LogP contribution in [-0.4, -0.2) is 62.3 Å². The zero-order valence-electron chi connectivity index (χ0n) is 14.1. The Bertz CT molecular complexity index is 680. The van der Waals surface area contributed by atoms with Gasteiger partial charge < -0.3 is 9.64 Å². The highest BCUT2D eigenvalue weighted by Crippen LogP contribution is 2.22. The largest absolute Gasteiger partial charge is 0.378 e. The third-order valence-corrected chi connectivity index (χ3v) is 6.35. The van der Waals surface area contributed by atoms with E-state index in [1.54, 1.807) is 26.0 Å². The molecule has 0 saturated carbocycles. The summed E-state index contributed by atoms with van der Waals surface area (Å²) in [6, 6.07) is 6.30. The van der Waals surface area contributed by atoms with Crippen molar-refractivity contribution in [1.82, 2.24) is 4.31 Å². The van der Waals surface area contributed by atoms with Crippen molar-refractivity contribution in [2.75, 3.05) is 43.9 Å². The molecule has 1 saturated heterocycles. The second-order valence-corrected chi connectivity index (χ2v) is 8.35. The molecule has 0 unspecified atom stereocenters. The summed E-state index contributed by atoms with van der Waals surface area (Å²) >= 11 is 0. The van der Waals surface area contributed by atoms with Crippen LogP contribution >= 0.6 is 0 Å². The smallest absolute Gasteiger partial charge is 0.269 e. The van der Waals surface area contributed by atoms with Crippen LogP contribution in [-0.2, 0) is 14.8 Å². The number of ether oxygens (including phenoxy) is 1. The molecule has 9 heteroatoms. The molecular formula is C15H23N3O5S. The molecule has 1 aliphatic rings. The van der Waals surface area contributed by atoms with E-state index in [1.807, 2.05) is 4.90 Å². The Labute approximate surface area is 142 Å². The van der Waals surface area contributed by atoms with E-state index >= 15 is 0 Å². The SMILES string of the molecule is COC(C)(C)CS(=O)(=O)N1CCN(c2ccc([N+](=O)[O-])cc2)CC1. The van der Waals surface area contributed by atoms with Crippen LogP contribution in [0, 0.1) is 10.1 Å². The standard InChI is InChI=1S/C15H23N3O5S/c1-15(2,23-3)12-24(21,22)17-10-8-16(9-11-17)13-4-6-14(7-5-13)18(19)20/h4-7H,8-12H2,1-3H3. The van der Waals surface area contributed by atoms with E-state index in [9.17, 15) is 18.5 Å². The molecule has 0 bridgehead atoms. The number of piperazine rings is 1. The molecule has 1 aromatic carbocycles. The number of hydrogen-bond acceptors (Lipinski definition) is 6. The van der Waals surface area contributed by atoms with Crippen molar-refractivity contribution in [3.63, 3.8) is 0 Å². The third-order valence-electron chi connectivity index (χ3n) is 4.14. The van der Waals surface area contributed by atoms with E-state index in [4.69, 9.17) is 4.74 Å². The molecule has 0 atom stereocenters. The van der Waals surface area contributed by atoms with Crippen molar-refractivity contribution < 1.29 is 18.1 Å². The minimum atomic E-state index is -3.38. The summed E-state index contributed by atoms with van der Waals surface area (Å²) in [6.45, 7) is 5.36. The summed E-state index contributed by atoms with van der Waals surface area (Å²) in [4.78, 5) is 12.3. The van der Waals surface area contributed by atoms with Crippen LogP contribution in [0.2, 0.25) is 0 Å². The Morgan fingerprint density at radius 1 is 1.17 bits per heavy atom. The van der Waals surface area contributed by atoms with Crippen LogP contribution in [0.4, 0.5) is 11.4 Å². The number of methoxy groups -OCH3 is 1. The van der Waals surface area contributed by atoms with Gasteiger partial charge in [-0.05, 0) is 26.0 Å². The van der Waals surface area contributed by atoms with E-state index in [0.717, 1.165) is 5.69 Å². The van der Waals surface area contributed by atoms with Crippen molar-refractivity contribution in [3.05, 3.63) is 34.4 Å². The van der Waals surface area contributed by atoms with Crippen LogP contribution in [0.5, 0.6) is 0 Å². The minimum absolute atomic E-state index is 0.0433. The number of hydrogen-bond donors (Lipinski definition) is 0. The topological polar surface area (TPSA) is 93.0 Å². The molecule has 0 aromatic heterocycles. The van der Waals surface area contributed by atoms with Crippen molar-refractivity contribution in [1.29, 1.82) is 0 Å². The Kier molecular flexibility index (Phi) is 5.46. The summed E-state index contributed by atoms with van der Waals surface area (Å²) in [5, 5.41) is 10.7. The molecule has 1 aromatic rings. The van der Waals surface area contributed by atoms with Gasteiger partial charge in [-0.15, -0.1) is 0 Å². The number of nitrogens with zero attached hydrogens (tertiary/aromatic N) is 3. The van der Waals surface area contributed by atoms with Crippen molar-refractivity contribution in [3.8, 4) is 0 Å². The predicted octanol–water partition coefficient (Wildman–Crippen LogP) is 1.47. The van der Waals surface area contributed by atoms with Gasteiger partial charge in [-0.2, -0.15) is 4.31 Å². The highest BCUT2D eigenvalue weighted by molar-refractivity contribution is 7.89. The lowest BCUT2D eigenvalue weighted by atomic mass is 10.2. The number of non-ortho nitro benzene ring substituents is 1. The Hall–Kier alpha value is -1.71. The molecule has 0 aliphatic carbocycles. The molecule has 1 heterocycles. The van der Waals surface area contributed by atoms with Gasteiger partial charge in [-0.3, -0.25) is 10.1 Å². The fraction of sp³-hybridized carbons (Fsp3) is 0.600. The Morgan fingerprint density at radius 3 is 2.17 bits per heavy atom. The van der Waals surface area contributed by atoms with Crippen LogP contribution in [0.25, 0.3) is 0 Å². The minimum Gasteiger partial charge on any atom is -0.378 e. The Balaban J connectivity index is 1.99. The van der Waals surface area contributed by atoms with E-state index in [2.05, 4.69) is 0 Å². The zero-order valence-corrected chi connectivity index (χ0v) is 15.0. The normalized spacial score (nSPS) is 17.0. The van der Waals surface area contributed by atoms with Gasteiger partial charge in [0.15, 0.2) is 0 Å². The van der Waals surface area contributed by atoms with Gasteiger partial charge in [0.05, 0.1) is 16.3 Å². The van der Waals surface area contributed by atoms with Gasteiger partial charge >= 0.3 is 0 Å². The van der Waals surface area contributed by atoms with Crippen molar-refractivity contribution in [2.45, 2.75) is 19.4 Å². The highest BCUT2D eigenvalue weighted by atomic mass is 32.2. The predicted molar refractivity (Wildman–Crippen MR) is 91.8 cm³/mol. The molecule has 0 radical (unpaired) electrons. The van der Waals surface area contributed by atoms with Crippen LogP contribution in [0.3, 0.4) is 0 Å². The zero-order chi connectivity index (χ0) is 18.0. The second kappa shape index (κ2) is 7.04. The first-order valence-electron chi connectivity index (χ1n) is 7.67. The lowest BCUT2D eigenvalue weighted by Crippen LogP contribution is -2.51. The average Bonchev–Trinajstić information content (AvgIpc) is 2.54. The molecule has 24 heavy (non-hydrogen) atoms. The quantitative estimate of drug-likeness (QED) is 0.565. The first-order chi connectivity index (χ1) is 11.1. The number of nitro benzene ring substituents is 1. The van der Waals surface area contributed by atoms with Crippen LogP contribution in [0.15, 0.2) is 24.3 Å². The number of sulfonamides is 1. The molecule has 8 nitrogen and oxygen atoms in total. The maximum Gasteiger partial charge on any atom is 0.269 e. The number of anilines is 1. The number of benzene rings is 1. The van der Waals surface area contributed by atoms with Crippen LogP contribution in [0.1, 0.15) is 13.8 Å². The monoisotopic (exact) mass is 357 g/mol. The number of rotatable bonds is 6. The maximum atomic E-state index is 12.5. The lowest BCUT2D eigenvalue weighted by molar-refractivity contribution is -0.384. The fourth-order valence-electron chi connectivity index (χ4n) is 2.60. The summed E-state index contributed by atoms with van der Waals surface area (Å²) < 4.78 is 31.6. The molecule has 0 amide bonds. The first kappa shape index (κ1) is 18.6. The van der Waals surface area contributed by atoms with Gasteiger partial charge in [0.25, 0.3) is 5.69 Å². The molecule has 1 fully saturated rings. The van der Waals surface area contributed by atoms with Gasteiger partial charge in [-0.1, -0.05) is 0 Å². The molecule has 0 spiro atoms. The third kappa shape index (κ3) is 4.43. The fourth-order valence-corrected chi connectivity index (χ4v) is 4.50. The van der Waals surface area contributed by atoms with Gasteiger partial charge in [0.2, 0.25) is 10.0 Å². The second-order valence-electron chi connectivity index (χ2n) is 6.38. The first-order valence-corrected chi connectivity index (χ1v) is 9.28. The van der Waals surface area contributed by atoms with Gasteiger partial charge in [-0.25, -0.2) is 8.42 Å². The molecule has 0 N–H and O–H groups in total. The van der Waals surface area contributed by atoms with E-state index in [-0.39, 0.29) is 11.4 Å².